The molecule has 0 saturated heterocycles. The van der Waals surface area contributed by atoms with E-state index < -0.39 is 16.8 Å². The lowest BCUT2D eigenvalue weighted by Crippen LogP contribution is -2.27. The van der Waals surface area contributed by atoms with Gasteiger partial charge >= 0.3 is 5.97 Å². The quantitative estimate of drug-likeness (QED) is 0.833. The van der Waals surface area contributed by atoms with E-state index in [0.717, 1.165) is 0 Å². The van der Waals surface area contributed by atoms with Crippen LogP contribution >= 0.6 is 0 Å². The Morgan fingerprint density at radius 2 is 2.06 bits per heavy atom. The van der Waals surface area contributed by atoms with Crippen molar-refractivity contribution in [2.75, 3.05) is 12.3 Å². The van der Waals surface area contributed by atoms with E-state index in [1.807, 2.05) is 0 Å². The highest BCUT2D eigenvalue weighted by molar-refractivity contribution is 7.85. The molecule has 1 aromatic rings. The Bertz CT molecular complexity index is 499. The summed E-state index contributed by atoms with van der Waals surface area (Å²) in [7, 11) is -1.53. The largest absolute Gasteiger partial charge is 0.478 e. The molecule has 5 nitrogen and oxygen atoms in total. The number of hydrogen-bond donors (Lipinski definition) is 2. The van der Waals surface area contributed by atoms with Crippen LogP contribution in [-0.2, 0) is 15.6 Å². The van der Waals surface area contributed by atoms with E-state index in [-0.39, 0.29) is 17.2 Å². The molecular formula is C12H15NO4S. The Morgan fingerprint density at radius 1 is 1.39 bits per heavy atom. The van der Waals surface area contributed by atoms with Crippen molar-refractivity contribution in [2.24, 2.45) is 0 Å². The summed E-state index contributed by atoms with van der Waals surface area (Å²) in [5.74, 6) is -1.53. The van der Waals surface area contributed by atoms with Crippen molar-refractivity contribution in [1.82, 2.24) is 5.32 Å². The zero-order chi connectivity index (χ0) is 13.7. The van der Waals surface area contributed by atoms with Gasteiger partial charge in [0.25, 0.3) is 0 Å². The summed E-state index contributed by atoms with van der Waals surface area (Å²) >= 11 is 0. The van der Waals surface area contributed by atoms with Gasteiger partial charge in [-0.15, -0.1) is 0 Å². The molecule has 1 amide bonds. The number of aryl methyl sites for hydroxylation is 1. The fourth-order valence-corrected chi connectivity index (χ4v) is 2.40. The number of aromatic carboxylic acids is 1. The summed E-state index contributed by atoms with van der Waals surface area (Å²) in [6.45, 7) is 3.92. The summed E-state index contributed by atoms with van der Waals surface area (Å²) in [5, 5.41) is 11.5. The molecule has 0 heterocycles. The Balaban J connectivity index is 2.90. The Morgan fingerprint density at radius 3 is 2.61 bits per heavy atom. The molecular weight excluding hydrogens is 254 g/mol. The monoisotopic (exact) mass is 269 g/mol. The normalized spacial score (nSPS) is 11.9. The smallest absolute Gasteiger partial charge is 0.335 e. The highest BCUT2D eigenvalue weighted by atomic mass is 32.2. The number of rotatable bonds is 5. The molecule has 2 N–H and O–H groups in total. The topological polar surface area (TPSA) is 83.5 Å². The van der Waals surface area contributed by atoms with Crippen molar-refractivity contribution < 1.29 is 18.9 Å². The summed E-state index contributed by atoms with van der Waals surface area (Å²) in [4.78, 5) is 22.6. The number of amides is 1. The molecule has 0 aliphatic rings. The maximum Gasteiger partial charge on any atom is 0.335 e. The van der Waals surface area contributed by atoms with Crippen LogP contribution in [0.4, 0.5) is 0 Å². The first-order valence-corrected chi connectivity index (χ1v) is 6.76. The standard InChI is InChI=1S/C12H15NO4S/c1-3-13-11(14)7-18(17)9-5-4-8(2)10(6-9)12(15)16/h4-6H,3,7H2,1-2H3,(H,13,14)(H,15,16). The molecule has 0 spiro atoms. The molecule has 0 bridgehead atoms. The SMILES string of the molecule is CCNC(=O)CS(=O)c1ccc(C)c(C(=O)O)c1. The van der Waals surface area contributed by atoms with Crippen molar-refractivity contribution in [1.29, 1.82) is 0 Å². The predicted molar refractivity (Wildman–Crippen MR) is 68.1 cm³/mol. The fraction of sp³-hybridized carbons (Fsp3) is 0.333. The fourth-order valence-electron chi connectivity index (χ4n) is 1.42. The van der Waals surface area contributed by atoms with Gasteiger partial charge in [-0.1, -0.05) is 6.07 Å². The van der Waals surface area contributed by atoms with Crippen LogP contribution in [0.5, 0.6) is 0 Å². The number of carbonyl (C=O) groups is 2. The molecule has 1 unspecified atom stereocenters. The van der Waals surface area contributed by atoms with Crippen LogP contribution < -0.4 is 5.32 Å². The molecule has 0 aliphatic heterocycles. The minimum absolute atomic E-state index is 0.108. The summed E-state index contributed by atoms with van der Waals surface area (Å²) < 4.78 is 11.9. The Kier molecular flexibility index (Phi) is 5.03. The molecule has 0 fully saturated rings. The Hall–Kier alpha value is -1.69. The van der Waals surface area contributed by atoms with Gasteiger partial charge in [0.1, 0.15) is 5.75 Å². The average Bonchev–Trinajstić information content (AvgIpc) is 2.29. The van der Waals surface area contributed by atoms with E-state index in [4.69, 9.17) is 5.11 Å². The lowest BCUT2D eigenvalue weighted by Gasteiger charge is -2.06. The first-order valence-electron chi connectivity index (χ1n) is 5.44. The van der Waals surface area contributed by atoms with E-state index >= 15 is 0 Å². The molecule has 0 saturated carbocycles. The lowest BCUT2D eigenvalue weighted by atomic mass is 10.1. The number of benzene rings is 1. The minimum atomic E-state index is -1.53. The van der Waals surface area contributed by atoms with Crippen LogP contribution in [0, 0.1) is 6.92 Å². The molecule has 18 heavy (non-hydrogen) atoms. The Labute approximate surface area is 108 Å². The minimum Gasteiger partial charge on any atom is -0.478 e. The second kappa shape index (κ2) is 6.30. The van der Waals surface area contributed by atoms with Crippen molar-refractivity contribution in [3.8, 4) is 0 Å². The molecule has 0 aromatic heterocycles. The maximum atomic E-state index is 11.9. The van der Waals surface area contributed by atoms with E-state index in [9.17, 15) is 13.8 Å². The number of carbonyl (C=O) groups excluding carboxylic acids is 1. The van der Waals surface area contributed by atoms with E-state index in [1.54, 1.807) is 26.0 Å². The summed E-state index contributed by atoms with van der Waals surface area (Å²) in [6.07, 6.45) is 0. The summed E-state index contributed by atoms with van der Waals surface area (Å²) in [6, 6.07) is 4.53. The third-order valence-electron chi connectivity index (χ3n) is 2.34. The third-order valence-corrected chi connectivity index (χ3v) is 3.64. The number of nitrogens with one attached hydrogen (secondary N) is 1. The second-order valence-electron chi connectivity index (χ2n) is 3.73. The second-order valence-corrected chi connectivity index (χ2v) is 5.18. The number of hydrogen-bond acceptors (Lipinski definition) is 3. The summed E-state index contributed by atoms with van der Waals surface area (Å²) in [5.41, 5.74) is 0.706. The highest BCUT2D eigenvalue weighted by Gasteiger charge is 2.13. The van der Waals surface area contributed by atoms with Crippen molar-refractivity contribution in [2.45, 2.75) is 18.7 Å². The van der Waals surface area contributed by atoms with Gasteiger partial charge in [0.2, 0.25) is 5.91 Å². The van der Waals surface area contributed by atoms with Gasteiger partial charge in [-0.2, -0.15) is 0 Å². The first kappa shape index (κ1) is 14.4. The molecule has 0 aliphatic carbocycles. The molecule has 6 heteroatoms. The van der Waals surface area contributed by atoms with Crippen LogP contribution in [0.2, 0.25) is 0 Å². The van der Waals surface area contributed by atoms with Gasteiger partial charge in [-0.3, -0.25) is 9.00 Å². The zero-order valence-electron chi connectivity index (χ0n) is 10.2. The van der Waals surface area contributed by atoms with E-state index in [0.29, 0.717) is 17.0 Å². The average molecular weight is 269 g/mol. The van der Waals surface area contributed by atoms with Gasteiger partial charge in [0, 0.05) is 11.4 Å². The molecule has 1 atom stereocenters. The number of carboxylic acids is 1. The zero-order valence-corrected chi connectivity index (χ0v) is 11.0. The van der Waals surface area contributed by atoms with Gasteiger partial charge < -0.3 is 10.4 Å². The third kappa shape index (κ3) is 3.66. The lowest BCUT2D eigenvalue weighted by molar-refractivity contribution is -0.118. The van der Waals surface area contributed by atoms with Crippen LogP contribution in [0.25, 0.3) is 0 Å². The van der Waals surface area contributed by atoms with Crippen LogP contribution in [0.15, 0.2) is 23.1 Å². The van der Waals surface area contributed by atoms with Gasteiger partial charge in [-0.25, -0.2) is 4.79 Å². The van der Waals surface area contributed by atoms with Crippen molar-refractivity contribution in [3.63, 3.8) is 0 Å². The van der Waals surface area contributed by atoms with Gasteiger partial charge in [0.15, 0.2) is 0 Å². The van der Waals surface area contributed by atoms with Crippen LogP contribution in [0.3, 0.4) is 0 Å². The van der Waals surface area contributed by atoms with Crippen LogP contribution in [0.1, 0.15) is 22.8 Å². The molecule has 1 aromatic carbocycles. The highest BCUT2D eigenvalue weighted by Crippen LogP contribution is 2.14. The van der Waals surface area contributed by atoms with E-state index in [2.05, 4.69) is 5.32 Å². The van der Waals surface area contributed by atoms with Crippen molar-refractivity contribution in [3.05, 3.63) is 29.3 Å². The van der Waals surface area contributed by atoms with Gasteiger partial charge in [-0.05, 0) is 31.5 Å². The molecule has 1 rings (SSSR count). The van der Waals surface area contributed by atoms with Gasteiger partial charge in [0.05, 0.1) is 16.4 Å². The molecule has 0 radical (unpaired) electrons. The predicted octanol–water partition coefficient (Wildman–Crippen LogP) is 0.937. The number of carboxylic acid groups (broad SMARTS) is 1. The van der Waals surface area contributed by atoms with Crippen molar-refractivity contribution >= 4 is 22.7 Å². The first-order chi connectivity index (χ1) is 8.45. The molecule has 98 valence electrons. The van der Waals surface area contributed by atoms with Crippen LogP contribution in [-0.4, -0.2) is 33.5 Å². The van der Waals surface area contributed by atoms with E-state index in [1.165, 1.54) is 6.07 Å². The maximum absolute atomic E-state index is 11.9.